The zero-order chi connectivity index (χ0) is 17.8. The lowest BCUT2D eigenvalue weighted by Gasteiger charge is -2.12. The van der Waals surface area contributed by atoms with E-state index in [0.717, 1.165) is 0 Å². The quantitative estimate of drug-likeness (QED) is 0.747. The number of halogens is 1. The zero-order valence-electron chi connectivity index (χ0n) is 13.1. The lowest BCUT2D eigenvalue weighted by atomic mass is 10.1. The van der Waals surface area contributed by atoms with Crippen LogP contribution >= 0.6 is 11.6 Å². The van der Waals surface area contributed by atoms with Gasteiger partial charge in [0.05, 0.1) is 22.0 Å². The van der Waals surface area contributed by atoms with Crippen molar-refractivity contribution in [1.29, 1.82) is 0 Å². The molecule has 1 heterocycles. The minimum Gasteiger partial charge on any atom is -0.326 e. The topological polar surface area (TPSA) is 102 Å². The minimum absolute atomic E-state index is 0.219. The monoisotopic (exact) mass is 356 g/mol. The van der Waals surface area contributed by atoms with Gasteiger partial charge in [0, 0.05) is 12.6 Å². The van der Waals surface area contributed by atoms with E-state index >= 15 is 0 Å². The highest BCUT2D eigenvalue weighted by Crippen LogP contribution is 2.26. The number of benzene rings is 2. The Balaban J connectivity index is 1.90. The van der Waals surface area contributed by atoms with Gasteiger partial charge < -0.3 is 10.6 Å². The van der Waals surface area contributed by atoms with Gasteiger partial charge in [-0.05, 0) is 40.8 Å². The van der Waals surface area contributed by atoms with E-state index in [1.54, 1.807) is 42.5 Å². The first-order chi connectivity index (χ1) is 12.0. The Morgan fingerprint density at radius 3 is 2.64 bits per heavy atom. The van der Waals surface area contributed by atoms with Crippen molar-refractivity contribution in [2.45, 2.75) is 6.92 Å². The number of anilines is 2. The Bertz CT molecular complexity index is 926. The first-order valence-electron chi connectivity index (χ1n) is 7.25. The Morgan fingerprint density at radius 2 is 1.92 bits per heavy atom. The van der Waals surface area contributed by atoms with Crippen LogP contribution in [0.4, 0.5) is 11.4 Å². The third-order valence-corrected chi connectivity index (χ3v) is 3.61. The molecule has 8 nitrogen and oxygen atoms in total. The average Bonchev–Trinajstić information content (AvgIpc) is 3.12. The van der Waals surface area contributed by atoms with Crippen molar-refractivity contribution >= 4 is 34.8 Å². The average molecular weight is 357 g/mol. The maximum absolute atomic E-state index is 12.7. The maximum atomic E-state index is 12.7. The molecule has 0 fully saturated rings. The number of rotatable bonds is 4. The van der Waals surface area contributed by atoms with Gasteiger partial charge in [-0.15, -0.1) is 5.10 Å². The maximum Gasteiger partial charge on any atom is 0.257 e. The fraction of sp³-hybridized carbons (Fsp3) is 0.0625. The van der Waals surface area contributed by atoms with Crippen molar-refractivity contribution in [3.8, 4) is 5.69 Å². The summed E-state index contributed by atoms with van der Waals surface area (Å²) >= 11 is 6.14. The standard InChI is InChI=1S/C16H13ClN6O2/c1-10(24)19-11-6-7-13(17)14(8-11)20-16(25)12-4-2-3-5-15(12)23-9-18-21-22-23/h2-9H,1H3,(H,19,24)(H,20,25). The van der Waals surface area contributed by atoms with Gasteiger partial charge in [-0.2, -0.15) is 4.68 Å². The number of carbonyl (C=O) groups excluding carboxylic acids is 2. The molecule has 3 rings (SSSR count). The van der Waals surface area contributed by atoms with E-state index in [0.29, 0.717) is 27.6 Å². The van der Waals surface area contributed by atoms with Crippen LogP contribution in [-0.2, 0) is 4.79 Å². The van der Waals surface area contributed by atoms with Crippen LogP contribution in [0.3, 0.4) is 0 Å². The van der Waals surface area contributed by atoms with E-state index in [-0.39, 0.29) is 11.8 Å². The molecule has 2 aromatic carbocycles. The van der Waals surface area contributed by atoms with Crippen molar-refractivity contribution in [2.75, 3.05) is 10.6 Å². The van der Waals surface area contributed by atoms with E-state index in [4.69, 9.17) is 11.6 Å². The van der Waals surface area contributed by atoms with Crippen LogP contribution in [0.25, 0.3) is 5.69 Å². The van der Waals surface area contributed by atoms with Crippen LogP contribution in [0.5, 0.6) is 0 Å². The number of aromatic nitrogens is 4. The predicted molar refractivity (Wildman–Crippen MR) is 92.9 cm³/mol. The third kappa shape index (κ3) is 3.81. The summed E-state index contributed by atoms with van der Waals surface area (Å²) in [6.07, 6.45) is 1.40. The molecule has 0 saturated carbocycles. The van der Waals surface area contributed by atoms with Crippen LogP contribution in [0, 0.1) is 0 Å². The Kier molecular flexibility index (Phi) is 4.71. The first kappa shape index (κ1) is 16.6. The molecule has 2 amide bonds. The number of hydrogen-bond donors (Lipinski definition) is 2. The molecule has 25 heavy (non-hydrogen) atoms. The molecule has 3 aromatic rings. The molecule has 0 bridgehead atoms. The molecule has 9 heteroatoms. The second kappa shape index (κ2) is 7.10. The summed E-state index contributed by atoms with van der Waals surface area (Å²) in [6, 6.07) is 11.7. The number of nitrogens with one attached hydrogen (secondary N) is 2. The molecule has 0 spiro atoms. The van der Waals surface area contributed by atoms with Crippen LogP contribution in [0.1, 0.15) is 17.3 Å². The predicted octanol–water partition coefficient (Wildman–Crippen LogP) is 2.53. The van der Waals surface area contributed by atoms with Crippen molar-refractivity contribution in [3.05, 3.63) is 59.4 Å². The molecule has 0 unspecified atom stereocenters. The lowest BCUT2D eigenvalue weighted by molar-refractivity contribution is -0.114. The highest BCUT2D eigenvalue weighted by atomic mass is 35.5. The van der Waals surface area contributed by atoms with E-state index in [1.165, 1.54) is 17.9 Å². The van der Waals surface area contributed by atoms with Gasteiger partial charge in [0.25, 0.3) is 5.91 Å². The zero-order valence-corrected chi connectivity index (χ0v) is 13.9. The van der Waals surface area contributed by atoms with Gasteiger partial charge >= 0.3 is 0 Å². The molecule has 0 atom stereocenters. The van der Waals surface area contributed by atoms with Crippen molar-refractivity contribution in [3.63, 3.8) is 0 Å². The van der Waals surface area contributed by atoms with Gasteiger partial charge in [0.1, 0.15) is 6.33 Å². The normalized spacial score (nSPS) is 10.3. The smallest absolute Gasteiger partial charge is 0.257 e. The number of hydrogen-bond acceptors (Lipinski definition) is 5. The molecule has 0 aliphatic carbocycles. The second-order valence-electron chi connectivity index (χ2n) is 5.10. The minimum atomic E-state index is -0.382. The van der Waals surface area contributed by atoms with Crippen molar-refractivity contribution < 1.29 is 9.59 Å². The van der Waals surface area contributed by atoms with Gasteiger partial charge in [-0.1, -0.05) is 23.7 Å². The summed E-state index contributed by atoms with van der Waals surface area (Å²) in [5.41, 5.74) is 1.81. The molecule has 0 saturated heterocycles. The Hall–Kier alpha value is -3.26. The van der Waals surface area contributed by atoms with Crippen molar-refractivity contribution in [2.24, 2.45) is 0 Å². The first-order valence-corrected chi connectivity index (χ1v) is 7.63. The van der Waals surface area contributed by atoms with Gasteiger partial charge in [0.15, 0.2) is 0 Å². The number of para-hydroxylation sites is 1. The fourth-order valence-electron chi connectivity index (χ4n) is 2.23. The molecular weight excluding hydrogens is 344 g/mol. The molecule has 0 aliphatic rings. The third-order valence-electron chi connectivity index (χ3n) is 3.28. The lowest BCUT2D eigenvalue weighted by Crippen LogP contribution is -2.16. The van der Waals surface area contributed by atoms with E-state index in [1.807, 2.05) is 0 Å². The largest absolute Gasteiger partial charge is 0.326 e. The number of nitrogens with zero attached hydrogens (tertiary/aromatic N) is 4. The van der Waals surface area contributed by atoms with Crippen LogP contribution in [0.15, 0.2) is 48.8 Å². The molecular formula is C16H13ClN6O2. The molecule has 1 aromatic heterocycles. The summed E-state index contributed by atoms with van der Waals surface area (Å²) in [5.74, 6) is -0.600. The van der Waals surface area contributed by atoms with Gasteiger partial charge in [0.2, 0.25) is 5.91 Å². The van der Waals surface area contributed by atoms with Gasteiger partial charge in [-0.25, -0.2) is 0 Å². The number of tetrazole rings is 1. The summed E-state index contributed by atoms with van der Waals surface area (Å²) in [4.78, 5) is 23.9. The second-order valence-corrected chi connectivity index (χ2v) is 5.51. The summed E-state index contributed by atoms with van der Waals surface area (Å²) < 4.78 is 1.39. The summed E-state index contributed by atoms with van der Waals surface area (Å²) in [6.45, 7) is 1.40. The Morgan fingerprint density at radius 1 is 1.12 bits per heavy atom. The molecule has 126 valence electrons. The molecule has 0 aliphatic heterocycles. The highest BCUT2D eigenvalue weighted by molar-refractivity contribution is 6.34. The van der Waals surface area contributed by atoms with Crippen molar-refractivity contribution in [1.82, 2.24) is 20.2 Å². The van der Waals surface area contributed by atoms with Crippen LogP contribution in [-0.4, -0.2) is 32.0 Å². The van der Waals surface area contributed by atoms with Crippen LogP contribution < -0.4 is 10.6 Å². The SMILES string of the molecule is CC(=O)Nc1ccc(Cl)c(NC(=O)c2ccccc2-n2cnnn2)c1. The van der Waals surface area contributed by atoms with Crippen LogP contribution in [0.2, 0.25) is 5.02 Å². The fourth-order valence-corrected chi connectivity index (χ4v) is 2.39. The molecule has 2 N–H and O–H groups in total. The highest BCUT2D eigenvalue weighted by Gasteiger charge is 2.15. The van der Waals surface area contributed by atoms with E-state index in [2.05, 4.69) is 26.2 Å². The van der Waals surface area contributed by atoms with E-state index in [9.17, 15) is 9.59 Å². The Labute approximate surface area is 147 Å². The molecule has 0 radical (unpaired) electrons. The summed E-state index contributed by atoms with van der Waals surface area (Å²) in [7, 11) is 0. The summed E-state index contributed by atoms with van der Waals surface area (Å²) in [5, 5.41) is 16.7. The van der Waals surface area contributed by atoms with Gasteiger partial charge in [-0.3, -0.25) is 9.59 Å². The van der Waals surface area contributed by atoms with E-state index < -0.39 is 0 Å². The number of carbonyl (C=O) groups is 2. The number of amides is 2.